The molecule has 0 aromatic heterocycles. The zero-order chi connectivity index (χ0) is 25.1. The third-order valence-electron chi connectivity index (χ3n) is 8.68. The molecule has 2 heterocycles. The SMILES string of the molecule is C/C=C(\C)C(=O)O[C@H]1c2cc3c(c4c2[C@@]2(CO4)[C@@H](CC(=O)[C@H](OC)[C@H]2OC)C[C@H](C)[C@@H]1C)OCO3. The molecule has 5 rings (SSSR count). The summed E-state index contributed by atoms with van der Waals surface area (Å²) in [6.07, 6.45) is 1.06. The molecule has 0 radical (unpaired) electrons. The summed E-state index contributed by atoms with van der Waals surface area (Å²) in [5.41, 5.74) is 1.60. The predicted octanol–water partition coefficient (Wildman–Crippen LogP) is 3.89. The second-order valence-electron chi connectivity index (χ2n) is 10.3. The monoisotopic (exact) mass is 486 g/mol. The molecule has 1 saturated carbocycles. The Kier molecular flexibility index (Phi) is 6.08. The Balaban J connectivity index is 1.78. The van der Waals surface area contributed by atoms with Gasteiger partial charge in [-0.05, 0) is 38.2 Å². The van der Waals surface area contributed by atoms with Gasteiger partial charge in [-0.15, -0.1) is 0 Å². The number of benzene rings is 1. The Morgan fingerprint density at radius 2 is 1.89 bits per heavy atom. The van der Waals surface area contributed by atoms with Crippen LogP contribution in [0.2, 0.25) is 0 Å². The third-order valence-corrected chi connectivity index (χ3v) is 8.68. The van der Waals surface area contributed by atoms with Crippen LogP contribution in [0.5, 0.6) is 17.2 Å². The largest absolute Gasteiger partial charge is 0.488 e. The second kappa shape index (κ2) is 8.82. The van der Waals surface area contributed by atoms with E-state index in [1.807, 2.05) is 13.0 Å². The van der Waals surface area contributed by atoms with Crippen LogP contribution in [0.25, 0.3) is 0 Å². The molecule has 1 aromatic carbocycles. The van der Waals surface area contributed by atoms with Gasteiger partial charge >= 0.3 is 5.97 Å². The fraction of sp³-hybridized carbons (Fsp3) is 0.630. The average Bonchev–Trinajstić information content (AvgIpc) is 3.47. The van der Waals surface area contributed by atoms with Crippen LogP contribution in [0.4, 0.5) is 0 Å². The zero-order valence-electron chi connectivity index (χ0n) is 21.2. The van der Waals surface area contributed by atoms with Gasteiger partial charge in [-0.2, -0.15) is 0 Å². The Hall–Kier alpha value is -2.58. The van der Waals surface area contributed by atoms with Gasteiger partial charge in [0, 0.05) is 43.3 Å². The molecule has 4 aliphatic rings. The highest BCUT2D eigenvalue weighted by molar-refractivity contribution is 5.88. The number of hydrogen-bond acceptors (Lipinski definition) is 8. The summed E-state index contributed by atoms with van der Waals surface area (Å²) in [4.78, 5) is 26.2. The van der Waals surface area contributed by atoms with Gasteiger partial charge in [0.05, 0.1) is 5.41 Å². The lowest BCUT2D eigenvalue weighted by molar-refractivity contribution is -0.162. The van der Waals surface area contributed by atoms with Crippen LogP contribution in [0.3, 0.4) is 0 Å². The van der Waals surface area contributed by atoms with Gasteiger partial charge in [0.1, 0.15) is 24.9 Å². The lowest BCUT2D eigenvalue weighted by Crippen LogP contribution is -2.62. The molecule has 0 unspecified atom stereocenters. The maximum Gasteiger partial charge on any atom is 0.333 e. The van der Waals surface area contributed by atoms with Crippen LogP contribution in [-0.2, 0) is 29.2 Å². The number of ketones is 1. The number of allylic oxidation sites excluding steroid dienone is 1. The molecule has 8 heteroatoms. The number of fused-ring (bicyclic) bond motifs is 2. The molecule has 0 bridgehead atoms. The standard InChI is InChI=1S/C27H34O8/c1-7-13(2)26(29)35-21-15(4)14(3)8-16-9-18(28)22(30-5)25(31-6)27(16)11-32-24-20(27)17(21)10-19-23(24)34-12-33-19/h7,10,14-16,21-22,25H,8-9,11-12H2,1-6H3/b13-7+/t14-,15-,16+,21+,22-,25+,27+/m0/s1. The summed E-state index contributed by atoms with van der Waals surface area (Å²) in [6.45, 7) is 8.24. The molecular formula is C27H34O8. The van der Waals surface area contributed by atoms with Crippen molar-refractivity contribution < 1.29 is 38.0 Å². The number of Topliss-reactive ketones (excluding diaryl/α,β-unsaturated/α-hetero) is 1. The van der Waals surface area contributed by atoms with Crippen molar-refractivity contribution in [2.45, 2.75) is 64.3 Å². The Morgan fingerprint density at radius 3 is 2.57 bits per heavy atom. The van der Waals surface area contributed by atoms with Crippen LogP contribution in [0.15, 0.2) is 17.7 Å². The van der Waals surface area contributed by atoms with Gasteiger partial charge < -0.3 is 28.4 Å². The van der Waals surface area contributed by atoms with Crippen LogP contribution in [-0.4, -0.2) is 51.6 Å². The van der Waals surface area contributed by atoms with Crippen molar-refractivity contribution in [3.63, 3.8) is 0 Å². The van der Waals surface area contributed by atoms with E-state index in [0.29, 0.717) is 35.8 Å². The smallest absolute Gasteiger partial charge is 0.333 e. The zero-order valence-corrected chi connectivity index (χ0v) is 21.2. The predicted molar refractivity (Wildman–Crippen MR) is 126 cm³/mol. The maximum atomic E-state index is 13.2. The first-order valence-electron chi connectivity index (χ1n) is 12.3. The van der Waals surface area contributed by atoms with E-state index in [0.717, 1.165) is 17.5 Å². The van der Waals surface area contributed by atoms with Gasteiger partial charge in [-0.3, -0.25) is 4.79 Å². The fourth-order valence-corrected chi connectivity index (χ4v) is 6.52. The molecule has 0 saturated heterocycles. The first kappa shape index (κ1) is 24.1. The molecule has 1 fully saturated rings. The van der Waals surface area contributed by atoms with Crippen LogP contribution < -0.4 is 14.2 Å². The van der Waals surface area contributed by atoms with Crippen molar-refractivity contribution in [1.29, 1.82) is 0 Å². The van der Waals surface area contributed by atoms with Gasteiger partial charge in [0.2, 0.25) is 12.5 Å². The Bertz CT molecular complexity index is 1080. The molecule has 7 atom stereocenters. The normalized spacial score (nSPS) is 35.5. The summed E-state index contributed by atoms with van der Waals surface area (Å²) in [6, 6.07) is 1.93. The number of carbonyl (C=O) groups is 2. The highest BCUT2D eigenvalue weighted by Crippen LogP contribution is 2.62. The first-order valence-corrected chi connectivity index (χ1v) is 12.3. The van der Waals surface area contributed by atoms with E-state index in [9.17, 15) is 9.59 Å². The van der Waals surface area contributed by atoms with Crippen LogP contribution >= 0.6 is 0 Å². The van der Waals surface area contributed by atoms with Gasteiger partial charge in [-0.1, -0.05) is 19.9 Å². The number of methoxy groups -OCH3 is 2. The third kappa shape index (κ3) is 3.40. The Labute approximate surface area is 205 Å². The minimum atomic E-state index is -0.720. The highest BCUT2D eigenvalue weighted by atomic mass is 16.7. The summed E-state index contributed by atoms with van der Waals surface area (Å²) >= 11 is 0. The molecule has 0 N–H and O–H groups in total. The van der Waals surface area contributed by atoms with Crippen molar-refractivity contribution in [3.8, 4) is 17.2 Å². The number of hydrogen-bond donors (Lipinski definition) is 0. The molecule has 1 spiro atoms. The van der Waals surface area contributed by atoms with Gasteiger partial charge in [0.25, 0.3) is 0 Å². The second-order valence-corrected chi connectivity index (χ2v) is 10.3. The van der Waals surface area contributed by atoms with E-state index in [2.05, 4.69) is 13.8 Å². The molecule has 2 aliphatic carbocycles. The number of carbonyl (C=O) groups excluding carboxylic acids is 2. The van der Waals surface area contributed by atoms with Crippen molar-refractivity contribution in [2.75, 3.05) is 27.6 Å². The number of rotatable bonds is 4. The van der Waals surface area contributed by atoms with E-state index in [-0.39, 0.29) is 36.3 Å². The van der Waals surface area contributed by atoms with Crippen LogP contribution in [0.1, 0.15) is 57.8 Å². The topological polar surface area (TPSA) is 89.5 Å². The summed E-state index contributed by atoms with van der Waals surface area (Å²) in [5.74, 6) is 1.52. The lowest BCUT2D eigenvalue weighted by atomic mass is 9.55. The quantitative estimate of drug-likeness (QED) is 0.468. The highest BCUT2D eigenvalue weighted by Gasteiger charge is 2.63. The van der Waals surface area contributed by atoms with E-state index in [1.54, 1.807) is 27.2 Å². The minimum absolute atomic E-state index is 0.0112. The molecule has 0 amide bonds. The Morgan fingerprint density at radius 1 is 1.11 bits per heavy atom. The van der Waals surface area contributed by atoms with Crippen molar-refractivity contribution in [1.82, 2.24) is 0 Å². The molecule has 8 nitrogen and oxygen atoms in total. The van der Waals surface area contributed by atoms with Gasteiger partial charge in [-0.25, -0.2) is 4.79 Å². The fourth-order valence-electron chi connectivity index (χ4n) is 6.52. The van der Waals surface area contributed by atoms with Gasteiger partial charge in [0.15, 0.2) is 17.3 Å². The number of ether oxygens (including phenoxy) is 6. The van der Waals surface area contributed by atoms with E-state index < -0.39 is 23.7 Å². The average molecular weight is 487 g/mol. The van der Waals surface area contributed by atoms with Crippen molar-refractivity contribution in [3.05, 3.63) is 28.8 Å². The molecule has 35 heavy (non-hydrogen) atoms. The molecular weight excluding hydrogens is 452 g/mol. The molecule has 2 aliphatic heterocycles. The first-order chi connectivity index (χ1) is 16.8. The van der Waals surface area contributed by atoms with E-state index >= 15 is 0 Å². The maximum absolute atomic E-state index is 13.2. The lowest BCUT2D eigenvalue weighted by Gasteiger charge is -2.51. The van der Waals surface area contributed by atoms with Crippen LogP contribution in [0, 0.1) is 17.8 Å². The summed E-state index contributed by atoms with van der Waals surface area (Å²) in [5, 5.41) is 0. The summed E-state index contributed by atoms with van der Waals surface area (Å²) < 4.78 is 35.9. The van der Waals surface area contributed by atoms with E-state index in [1.165, 1.54) is 0 Å². The summed E-state index contributed by atoms with van der Waals surface area (Å²) in [7, 11) is 3.16. The van der Waals surface area contributed by atoms with E-state index in [4.69, 9.17) is 28.4 Å². The molecule has 1 aromatic rings. The minimum Gasteiger partial charge on any atom is -0.488 e. The molecule has 190 valence electrons. The van der Waals surface area contributed by atoms with Crippen molar-refractivity contribution in [2.24, 2.45) is 17.8 Å². The van der Waals surface area contributed by atoms with Crippen molar-refractivity contribution >= 4 is 11.8 Å². The number of esters is 1.